The first-order chi connectivity index (χ1) is 8.59. The van der Waals surface area contributed by atoms with Gasteiger partial charge in [-0.3, -0.25) is 4.79 Å². The minimum atomic E-state index is 0.0568. The van der Waals surface area contributed by atoms with Crippen LogP contribution in [0.3, 0.4) is 0 Å². The Morgan fingerprint density at radius 1 is 1.11 bits per heavy atom. The molecule has 0 aromatic heterocycles. The van der Waals surface area contributed by atoms with Crippen molar-refractivity contribution in [3.63, 3.8) is 0 Å². The van der Waals surface area contributed by atoms with E-state index in [1.165, 1.54) is 0 Å². The normalized spacial score (nSPS) is 20.1. The van der Waals surface area contributed by atoms with Crippen LogP contribution in [0.15, 0.2) is 12.1 Å². The van der Waals surface area contributed by atoms with E-state index in [1.807, 2.05) is 26.0 Å². The van der Waals surface area contributed by atoms with Crippen LogP contribution >= 0.6 is 0 Å². The largest absolute Gasteiger partial charge is 0.398 e. The molecular weight excluding hydrogens is 236 g/mol. The third-order valence-corrected chi connectivity index (χ3v) is 5.15. The number of hydrogen-bond acceptors (Lipinski definition) is 2. The molecule has 0 bridgehead atoms. The molecule has 3 nitrogen and oxygen atoms in total. The Kier molecular flexibility index (Phi) is 2.92. The van der Waals surface area contributed by atoms with Gasteiger partial charge in [0.2, 0.25) is 5.91 Å². The Morgan fingerprint density at radius 2 is 1.63 bits per heavy atom. The molecule has 19 heavy (non-hydrogen) atoms. The number of carbonyl (C=O) groups excluding carboxylic acids is 1. The molecule has 1 amide bonds. The Balaban J connectivity index is 2.20. The predicted molar refractivity (Wildman–Crippen MR) is 80.0 cm³/mol. The molecule has 1 aromatic carbocycles. The van der Waals surface area contributed by atoms with Gasteiger partial charge < -0.3 is 11.1 Å². The number of rotatable bonds is 2. The molecule has 0 saturated heterocycles. The number of carbonyl (C=O) groups is 1. The number of amides is 1. The first-order valence-corrected chi connectivity index (χ1v) is 6.76. The Bertz CT molecular complexity index is 530. The van der Waals surface area contributed by atoms with Crippen molar-refractivity contribution in [1.82, 2.24) is 0 Å². The molecule has 0 unspecified atom stereocenters. The number of aryl methyl sites for hydroxylation is 2. The van der Waals surface area contributed by atoms with E-state index < -0.39 is 0 Å². The zero-order chi connectivity index (χ0) is 14.6. The fourth-order valence-electron chi connectivity index (χ4n) is 3.06. The van der Waals surface area contributed by atoms with Crippen molar-refractivity contribution in [2.45, 2.75) is 41.5 Å². The monoisotopic (exact) mass is 260 g/mol. The fourth-order valence-corrected chi connectivity index (χ4v) is 3.06. The Morgan fingerprint density at radius 3 is 2.11 bits per heavy atom. The predicted octanol–water partition coefficient (Wildman–Crippen LogP) is 3.51. The molecule has 0 heterocycles. The molecular formula is C16H24N2O. The summed E-state index contributed by atoms with van der Waals surface area (Å²) in [5.41, 5.74) is 9.67. The summed E-state index contributed by atoms with van der Waals surface area (Å²) in [6.45, 7) is 12.6. The van der Waals surface area contributed by atoms with Gasteiger partial charge in [-0.05, 0) is 41.9 Å². The van der Waals surface area contributed by atoms with Crippen LogP contribution in [-0.4, -0.2) is 5.91 Å². The van der Waals surface area contributed by atoms with Crippen molar-refractivity contribution < 1.29 is 4.79 Å². The molecule has 0 atom stereocenters. The standard InChI is InChI=1S/C16H24N2O/c1-9-7-10(2)12(8-11(9)17)18-14(19)13-15(3,4)16(13,5)6/h7-8,13H,17H2,1-6H3,(H,18,19). The summed E-state index contributed by atoms with van der Waals surface area (Å²) < 4.78 is 0. The third-order valence-electron chi connectivity index (χ3n) is 5.15. The molecule has 1 fully saturated rings. The van der Waals surface area contributed by atoms with Crippen LogP contribution in [0.5, 0.6) is 0 Å². The number of nitrogen functional groups attached to an aromatic ring is 1. The molecule has 104 valence electrons. The zero-order valence-corrected chi connectivity index (χ0v) is 12.7. The van der Waals surface area contributed by atoms with Crippen LogP contribution < -0.4 is 11.1 Å². The summed E-state index contributed by atoms with van der Waals surface area (Å²) in [5, 5.41) is 3.03. The van der Waals surface area contributed by atoms with Gasteiger partial charge in [0.25, 0.3) is 0 Å². The highest BCUT2D eigenvalue weighted by atomic mass is 16.2. The average Bonchev–Trinajstić information content (AvgIpc) is 2.66. The second-order valence-electron chi connectivity index (χ2n) is 6.89. The number of hydrogen-bond donors (Lipinski definition) is 2. The van der Waals surface area contributed by atoms with Crippen LogP contribution in [0.4, 0.5) is 11.4 Å². The summed E-state index contributed by atoms with van der Waals surface area (Å²) in [7, 11) is 0. The molecule has 1 aromatic rings. The van der Waals surface area contributed by atoms with Gasteiger partial charge in [-0.2, -0.15) is 0 Å². The van der Waals surface area contributed by atoms with E-state index >= 15 is 0 Å². The lowest BCUT2D eigenvalue weighted by molar-refractivity contribution is -0.118. The summed E-state index contributed by atoms with van der Waals surface area (Å²) >= 11 is 0. The second-order valence-corrected chi connectivity index (χ2v) is 6.89. The van der Waals surface area contributed by atoms with E-state index in [1.54, 1.807) is 0 Å². The van der Waals surface area contributed by atoms with Crippen molar-refractivity contribution in [1.29, 1.82) is 0 Å². The number of nitrogens with two attached hydrogens (primary N) is 1. The molecule has 1 aliphatic rings. The summed E-state index contributed by atoms with van der Waals surface area (Å²) in [6.07, 6.45) is 0. The highest BCUT2D eigenvalue weighted by Gasteiger charge is 2.68. The Labute approximate surface area is 115 Å². The van der Waals surface area contributed by atoms with E-state index in [0.29, 0.717) is 0 Å². The lowest BCUT2D eigenvalue weighted by atomic mass is 10.0. The molecule has 1 saturated carbocycles. The van der Waals surface area contributed by atoms with Crippen molar-refractivity contribution in [3.8, 4) is 0 Å². The van der Waals surface area contributed by atoms with Crippen molar-refractivity contribution in [3.05, 3.63) is 23.3 Å². The molecule has 0 aliphatic heterocycles. The van der Waals surface area contributed by atoms with Crippen LogP contribution in [0.2, 0.25) is 0 Å². The lowest BCUT2D eigenvalue weighted by Crippen LogP contribution is -2.18. The van der Waals surface area contributed by atoms with Crippen LogP contribution in [0.25, 0.3) is 0 Å². The highest BCUT2D eigenvalue weighted by Crippen LogP contribution is 2.68. The van der Waals surface area contributed by atoms with Gasteiger partial charge in [0.1, 0.15) is 0 Å². The minimum absolute atomic E-state index is 0.0568. The minimum Gasteiger partial charge on any atom is -0.398 e. The molecule has 0 radical (unpaired) electrons. The van der Waals surface area contributed by atoms with E-state index in [4.69, 9.17) is 5.73 Å². The van der Waals surface area contributed by atoms with Crippen LogP contribution in [0, 0.1) is 30.6 Å². The fraction of sp³-hybridized carbons (Fsp3) is 0.562. The molecule has 3 heteroatoms. The van der Waals surface area contributed by atoms with Gasteiger partial charge >= 0.3 is 0 Å². The van der Waals surface area contributed by atoms with Crippen LogP contribution in [-0.2, 0) is 4.79 Å². The van der Waals surface area contributed by atoms with Crippen molar-refractivity contribution >= 4 is 17.3 Å². The summed E-state index contributed by atoms with van der Waals surface area (Å²) in [5.74, 6) is 0.156. The van der Waals surface area contributed by atoms with Gasteiger partial charge in [-0.25, -0.2) is 0 Å². The topological polar surface area (TPSA) is 55.1 Å². The first kappa shape index (κ1) is 13.9. The number of nitrogens with one attached hydrogen (secondary N) is 1. The lowest BCUT2D eigenvalue weighted by Gasteiger charge is -2.12. The molecule has 0 spiro atoms. The molecule has 2 rings (SSSR count). The second kappa shape index (κ2) is 3.99. The van der Waals surface area contributed by atoms with Gasteiger partial charge in [0, 0.05) is 17.3 Å². The number of anilines is 2. The summed E-state index contributed by atoms with van der Waals surface area (Å²) in [6, 6.07) is 3.86. The first-order valence-electron chi connectivity index (χ1n) is 6.76. The maximum absolute atomic E-state index is 12.4. The number of benzene rings is 1. The van der Waals surface area contributed by atoms with Gasteiger partial charge in [0.15, 0.2) is 0 Å². The van der Waals surface area contributed by atoms with E-state index in [0.717, 1.165) is 22.5 Å². The van der Waals surface area contributed by atoms with E-state index in [-0.39, 0.29) is 22.7 Å². The molecule has 3 N–H and O–H groups in total. The third kappa shape index (κ3) is 2.01. The van der Waals surface area contributed by atoms with Gasteiger partial charge in [0.05, 0.1) is 0 Å². The quantitative estimate of drug-likeness (QED) is 0.799. The van der Waals surface area contributed by atoms with Crippen molar-refractivity contribution in [2.75, 3.05) is 11.1 Å². The molecule has 1 aliphatic carbocycles. The zero-order valence-electron chi connectivity index (χ0n) is 12.7. The van der Waals surface area contributed by atoms with Crippen LogP contribution in [0.1, 0.15) is 38.8 Å². The van der Waals surface area contributed by atoms with Gasteiger partial charge in [-0.1, -0.05) is 33.8 Å². The smallest absolute Gasteiger partial charge is 0.228 e. The Hall–Kier alpha value is -1.51. The maximum Gasteiger partial charge on any atom is 0.228 e. The van der Waals surface area contributed by atoms with Gasteiger partial charge in [-0.15, -0.1) is 0 Å². The average molecular weight is 260 g/mol. The SMILES string of the molecule is Cc1cc(C)c(NC(=O)C2C(C)(C)C2(C)C)cc1N. The van der Waals surface area contributed by atoms with E-state index in [9.17, 15) is 4.79 Å². The summed E-state index contributed by atoms with van der Waals surface area (Å²) in [4.78, 5) is 12.4. The maximum atomic E-state index is 12.4. The van der Waals surface area contributed by atoms with Crippen molar-refractivity contribution in [2.24, 2.45) is 16.7 Å². The highest BCUT2D eigenvalue weighted by molar-refractivity contribution is 5.97. The van der Waals surface area contributed by atoms with E-state index in [2.05, 4.69) is 33.0 Å².